The number of rotatable bonds is 6. The van der Waals surface area contributed by atoms with Crippen molar-refractivity contribution >= 4 is 23.2 Å². The minimum absolute atomic E-state index is 0.104. The van der Waals surface area contributed by atoms with Crippen LogP contribution in [0.3, 0.4) is 0 Å². The van der Waals surface area contributed by atoms with Gasteiger partial charge in [-0.15, -0.1) is 0 Å². The number of carbonyl (C=O) groups is 1. The molecule has 3 rings (SSSR count). The fourth-order valence-electron chi connectivity index (χ4n) is 4.05. The van der Waals surface area contributed by atoms with Crippen LogP contribution in [-0.2, 0) is 5.41 Å². The fraction of sp³-hybridized carbons (Fsp3) is 0.364. The number of amides is 1. The number of carbonyl (C=O) groups excluding carboxylic acids is 1. The Morgan fingerprint density at radius 2 is 1.79 bits per heavy atom. The van der Waals surface area contributed by atoms with Gasteiger partial charge in [-0.2, -0.15) is 0 Å². The van der Waals surface area contributed by atoms with Crippen LogP contribution in [0.15, 0.2) is 54.6 Å². The Bertz CT molecular complexity index is 818. The van der Waals surface area contributed by atoms with E-state index in [9.17, 15) is 4.79 Å². The maximum Gasteiger partial charge on any atom is 0.255 e. The van der Waals surface area contributed by atoms with E-state index in [1.807, 2.05) is 18.2 Å². The van der Waals surface area contributed by atoms with Crippen LogP contribution < -0.4 is 21.1 Å². The lowest BCUT2D eigenvalue weighted by Crippen LogP contribution is -2.48. The van der Waals surface area contributed by atoms with Crippen molar-refractivity contribution in [3.63, 3.8) is 0 Å². The van der Waals surface area contributed by atoms with Gasteiger partial charge in [0, 0.05) is 18.0 Å². The van der Waals surface area contributed by atoms with Crippen molar-refractivity contribution in [1.82, 2.24) is 10.6 Å². The van der Waals surface area contributed by atoms with Crippen molar-refractivity contribution in [1.29, 1.82) is 0 Å². The molecule has 0 aliphatic heterocycles. The third-order valence-electron chi connectivity index (χ3n) is 5.61. The van der Waals surface area contributed by atoms with Crippen LogP contribution >= 0.6 is 12.2 Å². The Morgan fingerprint density at radius 3 is 2.43 bits per heavy atom. The van der Waals surface area contributed by atoms with E-state index in [2.05, 4.69) is 34.9 Å². The molecule has 2 aromatic carbocycles. The van der Waals surface area contributed by atoms with Gasteiger partial charge in [0.25, 0.3) is 5.91 Å². The standard InChI is InChI=1S/C22H27N3O2S/c1-27-19-10-6-5-9-18(19)20(26)24-15-22(16-7-3-2-4-8-16)13-11-17(12-14-22)25-21(23)28/h2-10,17H,11-15H2,1H3,(H,24,26)(H3,23,25,28)/t17-,22-. The molecule has 4 N–H and O–H groups in total. The SMILES string of the molecule is COc1ccccc1C(=O)NC[C@]1(c2ccccc2)CC[C@H](NC(N)=S)CC1. The van der Waals surface area contributed by atoms with Gasteiger partial charge in [0.2, 0.25) is 0 Å². The van der Waals surface area contributed by atoms with E-state index in [0.29, 0.717) is 29.0 Å². The highest BCUT2D eigenvalue weighted by atomic mass is 32.1. The number of methoxy groups -OCH3 is 1. The molecule has 0 radical (unpaired) electrons. The van der Waals surface area contributed by atoms with Gasteiger partial charge in [-0.1, -0.05) is 42.5 Å². The molecule has 28 heavy (non-hydrogen) atoms. The van der Waals surface area contributed by atoms with E-state index in [1.54, 1.807) is 19.2 Å². The number of thiocarbonyl (C=S) groups is 1. The maximum absolute atomic E-state index is 12.8. The molecule has 0 heterocycles. The zero-order chi connectivity index (χ0) is 20.0. The van der Waals surface area contributed by atoms with Crippen molar-refractivity contribution in [2.45, 2.75) is 37.1 Å². The van der Waals surface area contributed by atoms with E-state index in [-0.39, 0.29) is 11.3 Å². The largest absolute Gasteiger partial charge is 0.496 e. The van der Waals surface area contributed by atoms with Crippen molar-refractivity contribution in [3.8, 4) is 5.75 Å². The second-order valence-electron chi connectivity index (χ2n) is 7.31. The molecule has 1 saturated carbocycles. The monoisotopic (exact) mass is 397 g/mol. The molecule has 148 valence electrons. The first-order chi connectivity index (χ1) is 13.5. The molecular formula is C22H27N3O2S. The summed E-state index contributed by atoms with van der Waals surface area (Å²) in [5, 5.41) is 6.68. The van der Waals surface area contributed by atoms with Crippen LogP contribution in [0, 0.1) is 0 Å². The third-order valence-corrected chi connectivity index (χ3v) is 5.73. The number of ether oxygens (including phenoxy) is 1. The van der Waals surface area contributed by atoms with E-state index >= 15 is 0 Å². The lowest BCUT2D eigenvalue weighted by atomic mass is 9.68. The molecule has 1 amide bonds. The van der Waals surface area contributed by atoms with E-state index in [4.69, 9.17) is 22.7 Å². The second-order valence-corrected chi connectivity index (χ2v) is 7.75. The van der Waals surface area contributed by atoms with Crippen LogP contribution in [0.25, 0.3) is 0 Å². The summed E-state index contributed by atoms with van der Waals surface area (Å²) in [5.41, 5.74) is 7.35. The quantitative estimate of drug-likeness (QED) is 0.653. The summed E-state index contributed by atoms with van der Waals surface area (Å²) in [4.78, 5) is 12.8. The summed E-state index contributed by atoms with van der Waals surface area (Å²) in [5.74, 6) is 0.467. The molecule has 0 bridgehead atoms. The Balaban J connectivity index is 1.76. The van der Waals surface area contributed by atoms with Gasteiger partial charge in [0.1, 0.15) is 5.75 Å². The lowest BCUT2D eigenvalue weighted by molar-refractivity contribution is 0.0932. The number of hydrogen-bond donors (Lipinski definition) is 3. The minimum atomic E-state index is -0.115. The summed E-state index contributed by atoms with van der Waals surface area (Å²) in [6.07, 6.45) is 3.81. The Kier molecular flexibility index (Phi) is 6.52. The molecule has 0 spiro atoms. The first-order valence-corrected chi connectivity index (χ1v) is 9.97. The number of nitrogens with two attached hydrogens (primary N) is 1. The number of benzene rings is 2. The topological polar surface area (TPSA) is 76.4 Å². The van der Waals surface area contributed by atoms with Gasteiger partial charge < -0.3 is 21.1 Å². The summed E-state index contributed by atoms with van der Waals surface area (Å²) >= 11 is 4.99. The van der Waals surface area contributed by atoms with Gasteiger partial charge in [-0.25, -0.2) is 0 Å². The molecule has 0 aromatic heterocycles. The highest BCUT2D eigenvalue weighted by molar-refractivity contribution is 7.80. The van der Waals surface area contributed by atoms with E-state index < -0.39 is 0 Å². The highest BCUT2D eigenvalue weighted by Crippen LogP contribution is 2.39. The average molecular weight is 398 g/mol. The molecule has 2 aromatic rings. The number of nitrogens with one attached hydrogen (secondary N) is 2. The van der Waals surface area contributed by atoms with Crippen LogP contribution in [0.1, 0.15) is 41.6 Å². The first-order valence-electron chi connectivity index (χ1n) is 9.57. The molecule has 1 fully saturated rings. The van der Waals surface area contributed by atoms with Crippen molar-refractivity contribution in [3.05, 3.63) is 65.7 Å². The van der Waals surface area contributed by atoms with Gasteiger partial charge in [-0.3, -0.25) is 4.79 Å². The molecule has 1 aliphatic carbocycles. The molecule has 0 atom stereocenters. The summed E-state index contributed by atoms with van der Waals surface area (Å²) in [6, 6.07) is 18.0. The predicted molar refractivity (Wildman–Crippen MR) is 116 cm³/mol. The average Bonchev–Trinajstić information content (AvgIpc) is 2.73. The van der Waals surface area contributed by atoms with Crippen molar-refractivity contribution in [2.75, 3.05) is 13.7 Å². The van der Waals surface area contributed by atoms with Crippen LogP contribution in [0.2, 0.25) is 0 Å². The van der Waals surface area contributed by atoms with Crippen LogP contribution in [0.4, 0.5) is 0 Å². The lowest BCUT2D eigenvalue weighted by Gasteiger charge is -2.41. The van der Waals surface area contributed by atoms with Gasteiger partial charge >= 0.3 is 0 Å². The molecule has 1 aliphatic rings. The summed E-state index contributed by atoms with van der Waals surface area (Å²) in [6.45, 7) is 0.577. The first kappa shape index (κ1) is 20.1. The Labute approximate surface area is 171 Å². The second kappa shape index (κ2) is 9.06. The maximum atomic E-state index is 12.8. The fourth-order valence-corrected chi connectivity index (χ4v) is 4.22. The van der Waals surface area contributed by atoms with E-state index in [1.165, 1.54) is 5.56 Å². The highest BCUT2D eigenvalue weighted by Gasteiger charge is 2.37. The normalized spacial score (nSPS) is 21.5. The van der Waals surface area contributed by atoms with Crippen LogP contribution in [-0.4, -0.2) is 30.7 Å². The molecule has 0 saturated heterocycles. The van der Waals surface area contributed by atoms with Crippen molar-refractivity contribution < 1.29 is 9.53 Å². The number of hydrogen-bond acceptors (Lipinski definition) is 3. The molecule has 6 heteroatoms. The summed E-state index contributed by atoms with van der Waals surface area (Å²) in [7, 11) is 1.58. The Morgan fingerprint density at radius 1 is 1.14 bits per heavy atom. The van der Waals surface area contributed by atoms with Gasteiger partial charge in [0.05, 0.1) is 12.7 Å². The van der Waals surface area contributed by atoms with Crippen LogP contribution in [0.5, 0.6) is 5.75 Å². The molecule has 5 nitrogen and oxygen atoms in total. The zero-order valence-corrected chi connectivity index (χ0v) is 16.9. The molecule has 0 unspecified atom stereocenters. The minimum Gasteiger partial charge on any atom is -0.496 e. The van der Waals surface area contributed by atoms with Crippen molar-refractivity contribution in [2.24, 2.45) is 5.73 Å². The number of para-hydroxylation sites is 1. The van der Waals surface area contributed by atoms with Gasteiger partial charge in [0.15, 0.2) is 5.11 Å². The molecular weight excluding hydrogens is 370 g/mol. The third kappa shape index (κ3) is 4.62. The predicted octanol–water partition coefficient (Wildman–Crippen LogP) is 3.14. The summed E-state index contributed by atoms with van der Waals surface area (Å²) < 4.78 is 5.33. The smallest absolute Gasteiger partial charge is 0.255 e. The van der Waals surface area contributed by atoms with Gasteiger partial charge in [-0.05, 0) is 55.6 Å². The van der Waals surface area contributed by atoms with E-state index in [0.717, 1.165) is 25.7 Å². The zero-order valence-electron chi connectivity index (χ0n) is 16.1. The Hall–Kier alpha value is -2.60.